The summed E-state index contributed by atoms with van der Waals surface area (Å²) in [5, 5.41) is 2.99. The first-order valence-corrected chi connectivity index (χ1v) is 8.43. The van der Waals surface area contributed by atoms with Crippen molar-refractivity contribution in [1.29, 1.82) is 0 Å². The summed E-state index contributed by atoms with van der Waals surface area (Å²) >= 11 is 0. The Labute approximate surface area is 140 Å². The van der Waals surface area contributed by atoms with E-state index >= 15 is 0 Å². The second kappa shape index (κ2) is 7.38. The van der Waals surface area contributed by atoms with E-state index in [2.05, 4.69) is 5.32 Å². The molecule has 1 unspecified atom stereocenters. The molecule has 1 saturated heterocycles. The zero-order valence-electron chi connectivity index (χ0n) is 12.9. The first kappa shape index (κ1) is 20.2. The Kier molecular flexibility index (Phi) is 6.48. The molecule has 0 spiro atoms. The normalized spacial score (nSPS) is 19.6. The highest BCUT2D eigenvalue weighted by Crippen LogP contribution is 2.34. The average molecular weight is 373 g/mol. The van der Waals surface area contributed by atoms with Crippen LogP contribution in [0, 0.1) is 12.8 Å². The lowest BCUT2D eigenvalue weighted by Crippen LogP contribution is -2.30. The van der Waals surface area contributed by atoms with E-state index in [1.54, 1.807) is 7.05 Å². The summed E-state index contributed by atoms with van der Waals surface area (Å²) < 4.78 is 65.1. The third-order valence-electron chi connectivity index (χ3n) is 3.89. The molecule has 2 rings (SSSR count). The molecule has 4 nitrogen and oxygen atoms in total. The first-order chi connectivity index (χ1) is 10.2. The summed E-state index contributed by atoms with van der Waals surface area (Å²) in [6, 6.07) is 3.18. The third-order valence-corrected chi connectivity index (χ3v) is 5.75. The number of rotatable bonds is 4. The molecule has 1 aromatic rings. The van der Waals surface area contributed by atoms with E-state index in [9.17, 15) is 21.6 Å². The highest BCUT2D eigenvalue weighted by molar-refractivity contribution is 7.89. The lowest BCUT2D eigenvalue weighted by atomic mass is 10.1. The van der Waals surface area contributed by atoms with Crippen LogP contribution in [0.2, 0.25) is 0 Å². The maximum Gasteiger partial charge on any atom is 0.416 e. The smallest absolute Gasteiger partial charge is 0.319 e. The molecule has 0 aromatic heterocycles. The van der Waals surface area contributed by atoms with Crippen molar-refractivity contribution < 1.29 is 21.6 Å². The second-order valence-electron chi connectivity index (χ2n) is 5.55. The highest BCUT2D eigenvalue weighted by atomic mass is 35.5. The fourth-order valence-electron chi connectivity index (χ4n) is 2.69. The fraction of sp³-hybridized carbons (Fsp3) is 0.571. The van der Waals surface area contributed by atoms with Crippen LogP contribution >= 0.6 is 12.4 Å². The lowest BCUT2D eigenvalue weighted by Gasteiger charge is -2.18. The number of nitrogens with one attached hydrogen (secondary N) is 1. The van der Waals surface area contributed by atoms with Gasteiger partial charge in [0.15, 0.2) is 0 Å². The van der Waals surface area contributed by atoms with E-state index in [0.717, 1.165) is 6.07 Å². The summed E-state index contributed by atoms with van der Waals surface area (Å²) in [7, 11) is -2.10. The average Bonchev–Trinajstić information content (AvgIpc) is 2.87. The molecule has 1 aliphatic heterocycles. The SMILES string of the molecule is CNCC1CCN(S(=O)(=O)c2ccc(C)c(C(F)(F)F)c2)C1.Cl. The quantitative estimate of drug-likeness (QED) is 0.884. The summed E-state index contributed by atoms with van der Waals surface area (Å²) in [4.78, 5) is -0.296. The van der Waals surface area contributed by atoms with Gasteiger partial charge >= 0.3 is 6.18 Å². The molecular weight excluding hydrogens is 353 g/mol. The Morgan fingerprint density at radius 2 is 2.00 bits per heavy atom. The molecule has 0 aliphatic carbocycles. The van der Waals surface area contributed by atoms with Crippen LogP contribution in [0.15, 0.2) is 23.1 Å². The number of halogens is 4. The molecule has 1 atom stereocenters. The van der Waals surface area contributed by atoms with Crippen LogP contribution in [-0.4, -0.2) is 39.4 Å². The molecule has 0 amide bonds. The van der Waals surface area contributed by atoms with Gasteiger partial charge in [0.25, 0.3) is 0 Å². The molecular formula is C14H20ClF3N2O2S. The Morgan fingerprint density at radius 1 is 1.35 bits per heavy atom. The topological polar surface area (TPSA) is 49.4 Å². The fourth-order valence-corrected chi connectivity index (χ4v) is 4.24. The molecule has 1 fully saturated rings. The number of hydrogen-bond acceptors (Lipinski definition) is 3. The van der Waals surface area contributed by atoms with E-state index < -0.39 is 21.8 Å². The number of aryl methyl sites for hydroxylation is 1. The Hall–Kier alpha value is -0.830. The van der Waals surface area contributed by atoms with Crippen molar-refractivity contribution >= 4 is 22.4 Å². The van der Waals surface area contributed by atoms with Crippen molar-refractivity contribution in [3.63, 3.8) is 0 Å². The molecule has 0 saturated carbocycles. The van der Waals surface area contributed by atoms with E-state index in [-0.39, 0.29) is 28.8 Å². The second-order valence-corrected chi connectivity index (χ2v) is 7.49. The largest absolute Gasteiger partial charge is 0.416 e. The monoisotopic (exact) mass is 372 g/mol. The predicted molar refractivity (Wildman–Crippen MR) is 84.2 cm³/mol. The lowest BCUT2D eigenvalue weighted by molar-refractivity contribution is -0.138. The number of alkyl halides is 3. The Bertz CT molecular complexity index is 650. The van der Waals surface area contributed by atoms with Gasteiger partial charge < -0.3 is 5.32 Å². The van der Waals surface area contributed by atoms with Crippen molar-refractivity contribution in [2.24, 2.45) is 5.92 Å². The van der Waals surface area contributed by atoms with Crippen LogP contribution in [0.4, 0.5) is 13.2 Å². The number of sulfonamides is 1. The molecule has 132 valence electrons. The Morgan fingerprint density at radius 3 is 2.57 bits per heavy atom. The van der Waals surface area contributed by atoms with Crippen LogP contribution < -0.4 is 5.32 Å². The van der Waals surface area contributed by atoms with Gasteiger partial charge in [-0.1, -0.05) is 6.07 Å². The van der Waals surface area contributed by atoms with Gasteiger partial charge in [0.1, 0.15) is 0 Å². The van der Waals surface area contributed by atoms with Crippen molar-refractivity contribution in [3.05, 3.63) is 29.3 Å². The van der Waals surface area contributed by atoms with Gasteiger partial charge in [-0.15, -0.1) is 12.4 Å². The van der Waals surface area contributed by atoms with Crippen LogP contribution in [0.1, 0.15) is 17.5 Å². The van der Waals surface area contributed by atoms with Gasteiger partial charge in [0.05, 0.1) is 10.5 Å². The minimum Gasteiger partial charge on any atom is -0.319 e. The Balaban J connectivity index is 0.00000264. The van der Waals surface area contributed by atoms with Crippen molar-refractivity contribution in [1.82, 2.24) is 9.62 Å². The first-order valence-electron chi connectivity index (χ1n) is 6.99. The van der Waals surface area contributed by atoms with Crippen molar-refractivity contribution in [3.8, 4) is 0 Å². The molecule has 23 heavy (non-hydrogen) atoms. The van der Waals surface area contributed by atoms with E-state index in [0.29, 0.717) is 26.1 Å². The highest BCUT2D eigenvalue weighted by Gasteiger charge is 2.36. The minimum absolute atomic E-state index is 0. The summed E-state index contributed by atoms with van der Waals surface area (Å²) in [6.07, 6.45) is -3.85. The number of benzene rings is 1. The summed E-state index contributed by atoms with van der Waals surface area (Å²) in [5.74, 6) is 0.187. The van der Waals surface area contributed by atoms with Gasteiger partial charge in [0, 0.05) is 13.1 Å². The minimum atomic E-state index is -4.56. The van der Waals surface area contributed by atoms with Crippen LogP contribution in [0.25, 0.3) is 0 Å². The molecule has 1 aromatic carbocycles. The molecule has 1 N–H and O–H groups in total. The van der Waals surface area contributed by atoms with Crippen LogP contribution in [-0.2, 0) is 16.2 Å². The summed E-state index contributed by atoms with van der Waals surface area (Å²) in [5.41, 5.74) is -0.888. The maximum absolute atomic E-state index is 12.9. The zero-order chi connectivity index (χ0) is 16.5. The van der Waals surface area contributed by atoms with E-state index in [1.165, 1.54) is 23.4 Å². The molecule has 1 heterocycles. The van der Waals surface area contributed by atoms with Gasteiger partial charge in [-0.2, -0.15) is 17.5 Å². The van der Waals surface area contributed by atoms with Gasteiger partial charge in [-0.25, -0.2) is 8.42 Å². The molecule has 1 aliphatic rings. The summed E-state index contributed by atoms with van der Waals surface area (Å²) in [6.45, 7) is 2.67. The van der Waals surface area contributed by atoms with Gasteiger partial charge in [-0.05, 0) is 50.6 Å². The van der Waals surface area contributed by atoms with E-state index in [1.807, 2.05) is 0 Å². The van der Waals surface area contributed by atoms with Crippen LogP contribution in [0.5, 0.6) is 0 Å². The zero-order valence-corrected chi connectivity index (χ0v) is 14.5. The standard InChI is InChI=1S/C14H19F3N2O2S.ClH/c1-10-3-4-12(7-13(10)14(15,16)17)22(20,21)19-6-5-11(9-19)8-18-2;/h3-4,7,11,18H,5-6,8-9H2,1-2H3;1H. The maximum atomic E-state index is 12.9. The van der Waals surface area contributed by atoms with Crippen molar-refractivity contribution in [2.45, 2.75) is 24.4 Å². The third kappa shape index (κ3) is 4.37. The number of hydrogen-bond donors (Lipinski definition) is 1. The molecule has 0 radical (unpaired) electrons. The predicted octanol–water partition coefficient (Wildman–Crippen LogP) is 2.67. The molecule has 9 heteroatoms. The van der Waals surface area contributed by atoms with Gasteiger partial charge in [0.2, 0.25) is 10.0 Å². The van der Waals surface area contributed by atoms with Crippen LogP contribution in [0.3, 0.4) is 0 Å². The number of nitrogens with zero attached hydrogens (tertiary/aromatic N) is 1. The van der Waals surface area contributed by atoms with E-state index in [4.69, 9.17) is 0 Å². The van der Waals surface area contributed by atoms with Crippen molar-refractivity contribution in [2.75, 3.05) is 26.7 Å². The van der Waals surface area contributed by atoms with Gasteiger partial charge in [-0.3, -0.25) is 0 Å². The molecule has 0 bridgehead atoms.